The molecule has 0 saturated carbocycles. The molecule has 1 aromatic carbocycles. The molecule has 1 aromatic rings. The molecule has 16 heavy (non-hydrogen) atoms. The summed E-state index contributed by atoms with van der Waals surface area (Å²) in [6.07, 6.45) is -0.536. The van der Waals surface area contributed by atoms with Crippen LogP contribution in [-0.4, -0.2) is 16.1 Å². The Morgan fingerprint density at radius 1 is 1.12 bits per heavy atom. The van der Waals surface area contributed by atoms with Gasteiger partial charge in [-0.2, -0.15) is 0 Å². The van der Waals surface area contributed by atoms with E-state index in [2.05, 4.69) is 0 Å². The van der Waals surface area contributed by atoms with Gasteiger partial charge in [-0.25, -0.2) is 0 Å². The van der Waals surface area contributed by atoms with Crippen LogP contribution in [0.1, 0.15) is 0 Å². The van der Waals surface area contributed by atoms with Gasteiger partial charge >= 0.3 is 13.4 Å². The van der Waals surface area contributed by atoms with Crippen LogP contribution in [0.5, 0.6) is 5.75 Å². The van der Waals surface area contributed by atoms with Crippen LogP contribution >= 0.6 is 35.9 Å². The van der Waals surface area contributed by atoms with E-state index in [0.717, 1.165) is 0 Å². The fourth-order valence-electron chi connectivity index (χ4n) is 0.880. The van der Waals surface area contributed by atoms with Gasteiger partial charge in [0.25, 0.3) is 0 Å². The zero-order chi connectivity index (χ0) is 12.4. The summed E-state index contributed by atoms with van der Waals surface area (Å²) < 4.78 is 26.6. The molecule has 0 aliphatic heterocycles. The molecule has 2 atom stereocenters. The highest BCUT2D eigenvalue weighted by atomic mass is 35.7. The van der Waals surface area contributed by atoms with Crippen molar-refractivity contribution < 1.29 is 23.7 Å². The highest BCUT2D eigenvalue weighted by Crippen LogP contribution is 2.46. The molecular weight excluding hydrogens is 297 g/mol. The third-order valence-electron chi connectivity index (χ3n) is 1.55. The van der Waals surface area contributed by atoms with Gasteiger partial charge in [-0.05, 0) is 46.7 Å². The van der Waals surface area contributed by atoms with Gasteiger partial charge in [0.15, 0.2) is 6.35 Å². The standard InChI is InChI=1S/C7H8Cl2O5P2/c8-15(10,11)5-14-6-1-3-7(4-2-6)16(9,12)13/h1-4H,5H2,(H,10,11)(H,12,13). The quantitative estimate of drug-likeness (QED) is 0.835. The maximum Gasteiger partial charge on any atom is 0.324 e. The Kier molecular flexibility index (Phi) is 4.47. The van der Waals surface area contributed by atoms with Crippen molar-refractivity contribution in [1.82, 2.24) is 0 Å². The molecular formula is C7H8Cl2O5P2. The van der Waals surface area contributed by atoms with Gasteiger partial charge in [-0.1, -0.05) is 0 Å². The smallest absolute Gasteiger partial charge is 0.324 e. The first-order valence-corrected chi connectivity index (χ1v) is 9.27. The lowest BCUT2D eigenvalue weighted by molar-refractivity contribution is 0.357. The predicted molar refractivity (Wildman–Crippen MR) is 62.9 cm³/mol. The summed E-state index contributed by atoms with van der Waals surface area (Å²) in [5, 5.41) is 0.0552. The Labute approximate surface area is 101 Å². The van der Waals surface area contributed by atoms with E-state index in [1.54, 1.807) is 0 Å². The van der Waals surface area contributed by atoms with E-state index >= 15 is 0 Å². The van der Waals surface area contributed by atoms with Gasteiger partial charge in [-0.3, -0.25) is 9.13 Å². The van der Waals surface area contributed by atoms with Crippen molar-refractivity contribution in [2.45, 2.75) is 0 Å². The first kappa shape index (κ1) is 14.0. The lowest BCUT2D eigenvalue weighted by atomic mass is 10.3. The summed E-state index contributed by atoms with van der Waals surface area (Å²) in [5.74, 6) is 0.254. The van der Waals surface area contributed by atoms with Crippen LogP contribution in [0.25, 0.3) is 0 Å². The number of benzene rings is 1. The van der Waals surface area contributed by atoms with Crippen molar-refractivity contribution in [3.8, 4) is 5.75 Å². The Bertz CT molecular complexity index is 448. The molecule has 2 N–H and O–H groups in total. The minimum atomic E-state index is -3.80. The van der Waals surface area contributed by atoms with E-state index in [1.807, 2.05) is 0 Å². The summed E-state index contributed by atoms with van der Waals surface area (Å²) in [4.78, 5) is 17.8. The van der Waals surface area contributed by atoms with Gasteiger partial charge < -0.3 is 14.5 Å². The fourth-order valence-corrected chi connectivity index (χ4v) is 2.19. The van der Waals surface area contributed by atoms with E-state index in [0.29, 0.717) is 0 Å². The second-order valence-electron chi connectivity index (χ2n) is 2.89. The van der Waals surface area contributed by atoms with Crippen LogP contribution in [-0.2, 0) is 9.13 Å². The maximum absolute atomic E-state index is 11.0. The SMILES string of the molecule is O=P(O)(Cl)COc1ccc(P(=O)(O)Cl)cc1. The molecule has 0 bridgehead atoms. The molecule has 0 aromatic heterocycles. The molecule has 2 unspecified atom stereocenters. The predicted octanol–water partition coefficient (Wildman–Crippen LogP) is 2.50. The Hall–Kier alpha value is -0.0200. The van der Waals surface area contributed by atoms with Crippen molar-refractivity contribution in [1.29, 1.82) is 0 Å². The van der Waals surface area contributed by atoms with Gasteiger partial charge in [0.1, 0.15) is 5.75 Å². The van der Waals surface area contributed by atoms with Gasteiger partial charge in [0.05, 0.1) is 5.30 Å². The average molecular weight is 305 g/mol. The molecule has 0 spiro atoms. The van der Waals surface area contributed by atoms with E-state index in [9.17, 15) is 9.13 Å². The third kappa shape index (κ3) is 4.88. The molecule has 5 nitrogen and oxygen atoms in total. The molecule has 0 saturated heterocycles. The van der Waals surface area contributed by atoms with E-state index in [1.165, 1.54) is 24.3 Å². The largest absolute Gasteiger partial charge is 0.482 e. The molecule has 0 aliphatic carbocycles. The number of ether oxygens (including phenoxy) is 1. The normalized spacial score (nSPS) is 18.5. The minimum Gasteiger partial charge on any atom is -0.482 e. The van der Waals surface area contributed by atoms with Crippen molar-refractivity contribution in [2.24, 2.45) is 0 Å². The van der Waals surface area contributed by atoms with Crippen LogP contribution in [0.15, 0.2) is 24.3 Å². The number of halogens is 2. The Morgan fingerprint density at radius 3 is 2.00 bits per heavy atom. The van der Waals surface area contributed by atoms with Crippen LogP contribution in [0.2, 0.25) is 0 Å². The monoisotopic (exact) mass is 304 g/mol. The molecule has 9 heteroatoms. The number of hydrogen-bond acceptors (Lipinski definition) is 3. The summed E-state index contributed by atoms with van der Waals surface area (Å²) in [7, 11) is 0. The topological polar surface area (TPSA) is 83.8 Å². The van der Waals surface area contributed by atoms with Crippen molar-refractivity contribution in [2.75, 3.05) is 6.35 Å². The van der Waals surface area contributed by atoms with Crippen LogP contribution in [0.4, 0.5) is 0 Å². The zero-order valence-corrected chi connectivity index (χ0v) is 11.1. The third-order valence-corrected chi connectivity index (χ3v) is 3.81. The van der Waals surface area contributed by atoms with Crippen molar-refractivity contribution in [3.63, 3.8) is 0 Å². The first-order chi connectivity index (χ1) is 7.18. The molecule has 0 heterocycles. The second-order valence-corrected chi connectivity index (χ2v) is 8.86. The van der Waals surface area contributed by atoms with Crippen molar-refractivity contribution in [3.05, 3.63) is 24.3 Å². The molecule has 0 amide bonds. The maximum atomic E-state index is 11.0. The van der Waals surface area contributed by atoms with Crippen LogP contribution in [0.3, 0.4) is 0 Å². The summed E-state index contributed by atoms with van der Waals surface area (Å²) in [6.45, 7) is -7.56. The van der Waals surface area contributed by atoms with Gasteiger partial charge in [0, 0.05) is 0 Å². The molecule has 0 fully saturated rings. The van der Waals surface area contributed by atoms with E-state index in [-0.39, 0.29) is 11.1 Å². The van der Waals surface area contributed by atoms with E-state index < -0.39 is 19.8 Å². The van der Waals surface area contributed by atoms with Gasteiger partial charge in [-0.15, -0.1) is 0 Å². The second kappa shape index (κ2) is 5.09. The first-order valence-electron chi connectivity index (χ1n) is 3.96. The number of hydrogen-bond donors (Lipinski definition) is 2. The Balaban J connectivity index is 2.73. The average Bonchev–Trinajstić information content (AvgIpc) is 2.13. The minimum absolute atomic E-state index is 0.0552. The van der Waals surface area contributed by atoms with Crippen LogP contribution < -0.4 is 10.0 Å². The number of rotatable bonds is 4. The lowest BCUT2D eigenvalue weighted by Gasteiger charge is -2.08. The van der Waals surface area contributed by atoms with Crippen molar-refractivity contribution >= 4 is 41.2 Å². The highest BCUT2D eigenvalue weighted by Gasteiger charge is 2.17. The summed E-state index contributed by atoms with van der Waals surface area (Å²) >= 11 is 10.3. The molecule has 1 rings (SSSR count). The Morgan fingerprint density at radius 2 is 1.62 bits per heavy atom. The zero-order valence-electron chi connectivity index (χ0n) is 7.79. The molecule has 0 radical (unpaired) electrons. The van der Waals surface area contributed by atoms with Gasteiger partial charge in [0.2, 0.25) is 0 Å². The molecule has 90 valence electrons. The summed E-state index contributed by atoms with van der Waals surface area (Å²) in [5.41, 5.74) is 0. The van der Waals surface area contributed by atoms with Crippen LogP contribution in [0, 0.1) is 0 Å². The van der Waals surface area contributed by atoms with E-state index in [4.69, 9.17) is 37.0 Å². The fraction of sp³-hybridized carbons (Fsp3) is 0.143. The lowest BCUT2D eigenvalue weighted by Crippen LogP contribution is -2.01. The highest BCUT2D eigenvalue weighted by molar-refractivity contribution is 7.90. The summed E-state index contributed by atoms with van der Waals surface area (Å²) in [6, 6.07) is 5.29. The molecule has 0 aliphatic rings.